The topological polar surface area (TPSA) is 20.3 Å². The molecule has 0 N–H and O–H groups in total. The van der Waals surface area contributed by atoms with Gasteiger partial charge in [-0.2, -0.15) is 0 Å². The minimum atomic E-state index is 0.358. The molecule has 2 heterocycles. The van der Waals surface area contributed by atoms with Gasteiger partial charge in [-0.1, -0.05) is 12.2 Å². The Kier molecular flexibility index (Phi) is 2.14. The summed E-state index contributed by atoms with van der Waals surface area (Å²) in [5.41, 5.74) is 1.32. The van der Waals surface area contributed by atoms with E-state index in [1.807, 2.05) is 0 Å². The van der Waals surface area contributed by atoms with Crippen LogP contribution >= 0.6 is 0 Å². The number of nitrogens with zero attached hydrogens (tertiary/aromatic N) is 1. The summed E-state index contributed by atoms with van der Waals surface area (Å²) in [5, 5.41) is 0. The Hall–Kier alpha value is -0.790. The van der Waals surface area contributed by atoms with Gasteiger partial charge in [0.2, 0.25) is 5.91 Å². The number of carbonyl (C=O) groups excluding carboxylic acids is 1. The third-order valence-electron chi connectivity index (χ3n) is 3.19. The molecule has 2 aliphatic heterocycles. The Bertz CT molecular complexity index is 246. The van der Waals surface area contributed by atoms with Gasteiger partial charge in [-0.25, -0.2) is 0 Å². The summed E-state index contributed by atoms with van der Waals surface area (Å²) in [5.74, 6) is 0.358. The Morgan fingerprint density at radius 1 is 1.46 bits per heavy atom. The summed E-state index contributed by atoms with van der Waals surface area (Å²) in [6, 6.07) is 0.858. The molecule has 1 amide bonds. The van der Waals surface area contributed by atoms with Crippen molar-refractivity contribution in [2.45, 2.75) is 51.1 Å². The van der Waals surface area contributed by atoms with E-state index in [1.165, 1.54) is 12.0 Å². The van der Waals surface area contributed by atoms with Crippen molar-refractivity contribution in [3.05, 3.63) is 12.2 Å². The molecule has 0 radical (unpaired) electrons. The standard InChI is InChI=1S/C11H17NO/c1-8-6-9(2)12-10(7-8)4-3-5-11(12)13/h9-10H,1,3-7H2,2H3/t9-,10+/m1/s1. The molecular weight excluding hydrogens is 162 g/mol. The fourth-order valence-electron chi connectivity index (χ4n) is 2.70. The van der Waals surface area contributed by atoms with Crippen LogP contribution in [0.15, 0.2) is 12.2 Å². The number of piperidine rings is 2. The second-order valence-corrected chi connectivity index (χ2v) is 4.35. The highest BCUT2D eigenvalue weighted by Gasteiger charge is 2.35. The predicted molar refractivity (Wildman–Crippen MR) is 52.3 cm³/mol. The van der Waals surface area contributed by atoms with E-state index < -0.39 is 0 Å². The smallest absolute Gasteiger partial charge is 0.223 e. The molecule has 2 saturated heterocycles. The van der Waals surface area contributed by atoms with Crippen LogP contribution in [0.5, 0.6) is 0 Å². The molecule has 2 fully saturated rings. The number of fused-ring (bicyclic) bond motifs is 1. The van der Waals surface area contributed by atoms with E-state index >= 15 is 0 Å². The van der Waals surface area contributed by atoms with Gasteiger partial charge < -0.3 is 4.90 Å². The summed E-state index contributed by atoms with van der Waals surface area (Å²) in [6.07, 6.45) is 5.04. The molecule has 2 nitrogen and oxygen atoms in total. The third-order valence-corrected chi connectivity index (χ3v) is 3.19. The van der Waals surface area contributed by atoms with Gasteiger partial charge in [-0.3, -0.25) is 4.79 Å². The minimum Gasteiger partial charge on any atom is -0.336 e. The predicted octanol–water partition coefficient (Wildman–Crippen LogP) is 2.11. The molecular formula is C11H17NO. The highest BCUT2D eigenvalue weighted by molar-refractivity contribution is 5.78. The lowest BCUT2D eigenvalue weighted by Crippen LogP contribution is -2.51. The normalized spacial score (nSPS) is 34.7. The van der Waals surface area contributed by atoms with Crippen molar-refractivity contribution in [2.24, 2.45) is 0 Å². The first-order valence-electron chi connectivity index (χ1n) is 5.16. The van der Waals surface area contributed by atoms with Gasteiger partial charge in [0.05, 0.1) is 0 Å². The van der Waals surface area contributed by atoms with Crippen LogP contribution in [0.4, 0.5) is 0 Å². The van der Waals surface area contributed by atoms with E-state index in [9.17, 15) is 4.79 Å². The first-order chi connectivity index (χ1) is 6.18. The fourth-order valence-corrected chi connectivity index (χ4v) is 2.70. The number of amides is 1. The second-order valence-electron chi connectivity index (χ2n) is 4.35. The highest BCUT2D eigenvalue weighted by atomic mass is 16.2. The highest BCUT2D eigenvalue weighted by Crippen LogP contribution is 2.32. The summed E-state index contributed by atoms with van der Waals surface area (Å²) in [4.78, 5) is 13.7. The molecule has 0 bridgehead atoms. The van der Waals surface area contributed by atoms with Gasteiger partial charge in [0.15, 0.2) is 0 Å². The van der Waals surface area contributed by atoms with Crippen molar-refractivity contribution in [3.8, 4) is 0 Å². The van der Waals surface area contributed by atoms with Crippen molar-refractivity contribution in [1.29, 1.82) is 0 Å². The van der Waals surface area contributed by atoms with Gasteiger partial charge in [-0.15, -0.1) is 0 Å². The van der Waals surface area contributed by atoms with Crippen LogP contribution in [-0.2, 0) is 4.79 Å². The van der Waals surface area contributed by atoms with Crippen molar-refractivity contribution < 1.29 is 4.79 Å². The van der Waals surface area contributed by atoms with E-state index in [2.05, 4.69) is 18.4 Å². The molecule has 0 aromatic rings. The zero-order valence-electron chi connectivity index (χ0n) is 8.25. The molecule has 2 heteroatoms. The molecule has 0 saturated carbocycles. The van der Waals surface area contributed by atoms with E-state index in [-0.39, 0.29) is 0 Å². The Morgan fingerprint density at radius 2 is 2.23 bits per heavy atom. The van der Waals surface area contributed by atoms with Crippen molar-refractivity contribution in [3.63, 3.8) is 0 Å². The molecule has 0 unspecified atom stereocenters. The van der Waals surface area contributed by atoms with Crippen LogP contribution in [0.2, 0.25) is 0 Å². The van der Waals surface area contributed by atoms with E-state index in [0.29, 0.717) is 18.0 Å². The maximum Gasteiger partial charge on any atom is 0.223 e. The van der Waals surface area contributed by atoms with Crippen LogP contribution in [0.1, 0.15) is 39.0 Å². The van der Waals surface area contributed by atoms with Crippen molar-refractivity contribution >= 4 is 5.91 Å². The number of carbonyl (C=O) groups is 1. The molecule has 2 aliphatic rings. The zero-order chi connectivity index (χ0) is 9.42. The first-order valence-corrected chi connectivity index (χ1v) is 5.16. The minimum absolute atomic E-state index is 0.358. The monoisotopic (exact) mass is 179 g/mol. The van der Waals surface area contributed by atoms with E-state index in [4.69, 9.17) is 0 Å². The van der Waals surface area contributed by atoms with Crippen molar-refractivity contribution in [2.75, 3.05) is 0 Å². The molecule has 2 atom stereocenters. The average molecular weight is 179 g/mol. The second kappa shape index (κ2) is 3.17. The molecule has 0 aromatic carbocycles. The van der Waals surface area contributed by atoms with Crippen molar-refractivity contribution in [1.82, 2.24) is 4.90 Å². The largest absolute Gasteiger partial charge is 0.336 e. The van der Waals surface area contributed by atoms with Gasteiger partial charge in [0, 0.05) is 18.5 Å². The molecule has 0 spiro atoms. The van der Waals surface area contributed by atoms with Crippen LogP contribution in [0.3, 0.4) is 0 Å². The van der Waals surface area contributed by atoms with Crippen LogP contribution < -0.4 is 0 Å². The maximum absolute atomic E-state index is 11.6. The summed E-state index contributed by atoms with van der Waals surface area (Å²) in [7, 11) is 0. The van der Waals surface area contributed by atoms with Gasteiger partial charge in [0.25, 0.3) is 0 Å². The first kappa shape index (κ1) is 8.79. The number of hydrogen-bond donors (Lipinski definition) is 0. The van der Waals surface area contributed by atoms with Crippen LogP contribution in [-0.4, -0.2) is 22.9 Å². The third kappa shape index (κ3) is 1.50. The molecule has 2 rings (SSSR count). The zero-order valence-corrected chi connectivity index (χ0v) is 8.25. The molecule has 0 aliphatic carbocycles. The van der Waals surface area contributed by atoms with Gasteiger partial charge >= 0.3 is 0 Å². The summed E-state index contributed by atoms with van der Waals surface area (Å²) >= 11 is 0. The molecule has 0 aromatic heterocycles. The lowest BCUT2D eigenvalue weighted by molar-refractivity contribution is -0.140. The molecule has 72 valence electrons. The maximum atomic E-state index is 11.6. The van der Waals surface area contributed by atoms with Crippen LogP contribution in [0, 0.1) is 0 Å². The number of rotatable bonds is 0. The van der Waals surface area contributed by atoms with Gasteiger partial charge in [-0.05, 0) is 32.6 Å². The summed E-state index contributed by atoms with van der Waals surface area (Å²) in [6.45, 7) is 6.18. The Morgan fingerprint density at radius 3 is 3.00 bits per heavy atom. The SMILES string of the molecule is C=C1C[C@@H]2CCCC(=O)N2[C@H](C)C1. The Labute approximate surface area is 79.6 Å². The van der Waals surface area contributed by atoms with E-state index in [0.717, 1.165) is 25.7 Å². The summed E-state index contributed by atoms with van der Waals surface area (Å²) < 4.78 is 0. The average Bonchev–Trinajstić information content (AvgIpc) is 2.02. The lowest BCUT2D eigenvalue weighted by Gasteiger charge is -2.44. The van der Waals surface area contributed by atoms with E-state index in [1.54, 1.807) is 0 Å². The van der Waals surface area contributed by atoms with Gasteiger partial charge in [0.1, 0.15) is 0 Å². The number of hydrogen-bond acceptors (Lipinski definition) is 1. The quantitative estimate of drug-likeness (QED) is 0.521. The molecule has 13 heavy (non-hydrogen) atoms. The Balaban J connectivity index is 2.17. The fraction of sp³-hybridized carbons (Fsp3) is 0.727. The lowest BCUT2D eigenvalue weighted by atomic mass is 9.87. The van der Waals surface area contributed by atoms with Crippen LogP contribution in [0.25, 0.3) is 0 Å².